The molecule has 0 saturated carbocycles. The molecule has 2 aromatic rings. The van der Waals surface area contributed by atoms with E-state index in [2.05, 4.69) is 16.8 Å². The number of piperidine rings is 1. The number of pyridine rings is 1. The number of hydrogen-bond acceptors (Lipinski definition) is 4. The van der Waals surface area contributed by atoms with Crippen LogP contribution in [0.2, 0.25) is 0 Å². The molecule has 1 aliphatic rings. The Morgan fingerprint density at radius 2 is 2.33 bits per heavy atom. The van der Waals surface area contributed by atoms with Gasteiger partial charge in [0.25, 0.3) is 0 Å². The summed E-state index contributed by atoms with van der Waals surface area (Å²) < 4.78 is 6.84. The Hall–Kier alpha value is -1.88. The molecule has 0 N–H and O–H groups in total. The maximum Gasteiger partial charge on any atom is 0.339 e. The van der Waals surface area contributed by atoms with Crippen LogP contribution in [0.25, 0.3) is 5.52 Å². The minimum absolute atomic E-state index is 0.310. The molecule has 0 radical (unpaired) electrons. The van der Waals surface area contributed by atoms with Crippen molar-refractivity contribution >= 4 is 11.5 Å². The first-order valence-corrected chi connectivity index (χ1v) is 7.50. The van der Waals surface area contributed by atoms with Gasteiger partial charge in [0.15, 0.2) is 0 Å². The number of rotatable bonds is 3. The minimum Gasteiger partial charge on any atom is -0.465 e. The third-order valence-corrected chi connectivity index (χ3v) is 4.29. The van der Waals surface area contributed by atoms with Crippen molar-refractivity contribution in [3.8, 4) is 0 Å². The van der Waals surface area contributed by atoms with E-state index in [4.69, 9.17) is 4.74 Å². The van der Waals surface area contributed by atoms with Crippen LogP contribution in [0.4, 0.5) is 0 Å². The number of nitrogens with zero attached hydrogens (tertiary/aromatic N) is 3. The zero-order valence-electron chi connectivity index (χ0n) is 12.6. The fraction of sp³-hybridized carbons (Fsp3) is 0.500. The molecule has 21 heavy (non-hydrogen) atoms. The van der Waals surface area contributed by atoms with E-state index in [9.17, 15) is 4.79 Å². The van der Waals surface area contributed by atoms with Crippen molar-refractivity contribution in [1.29, 1.82) is 0 Å². The number of carbonyl (C=O) groups is 1. The molecule has 0 amide bonds. The number of methoxy groups -OCH3 is 1. The van der Waals surface area contributed by atoms with Crippen LogP contribution in [0.3, 0.4) is 0 Å². The fourth-order valence-corrected chi connectivity index (χ4v) is 3.10. The normalized spacial score (nSPS) is 19.8. The van der Waals surface area contributed by atoms with Gasteiger partial charge in [-0.25, -0.2) is 9.78 Å². The van der Waals surface area contributed by atoms with Crippen LogP contribution in [-0.4, -0.2) is 47.0 Å². The van der Waals surface area contributed by atoms with Crippen molar-refractivity contribution in [1.82, 2.24) is 14.3 Å². The van der Waals surface area contributed by atoms with Crippen molar-refractivity contribution in [2.45, 2.75) is 25.7 Å². The Balaban J connectivity index is 1.96. The Morgan fingerprint density at radius 1 is 1.48 bits per heavy atom. The molecule has 1 unspecified atom stereocenters. The lowest BCUT2D eigenvalue weighted by Crippen LogP contribution is -2.34. The molecule has 3 rings (SSSR count). The molecule has 0 aliphatic carbocycles. The second-order valence-electron chi connectivity index (χ2n) is 5.55. The summed E-state index contributed by atoms with van der Waals surface area (Å²) in [6.07, 6.45) is 6.07. The molecule has 3 heterocycles. The number of carbonyl (C=O) groups excluding carboxylic acids is 1. The van der Waals surface area contributed by atoms with Crippen LogP contribution in [0, 0.1) is 0 Å². The van der Waals surface area contributed by atoms with Crippen molar-refractivity contribution in [2.24, 2.45) is 0 Å². The standard InChI is InChI=1S/C16H21N3O2/c1-3-18-8-4-5-12(10-18)15-17-9-14-7-6-13(11-19(14)15)16(20)21-2/h6-7,9,11-12H,3-5,8,10H2,1-2H3. The summed E-state index contributed by atoms with van der Waals surface area (Å²) >= 11 is 0. The highest BCUT2D eigenvalue weighted by atomic mass is 16.5. The number of likely N-dealkylation sites (N-methyl/N-ethyl adjacent to an activating group) is 1. The van der Waals surface area contributed by atoms with Gasteiger partial charge in [-0.2, -0.15) is 0 Å². The quantitative estimate of drug-likeness (QED) is 0.813. The highest BCUT2D eigenvalue weighted by molar-refractivity contribution is 5.89. The third kappa shape index (κ3) is 2.65. The summed E-state index contributed by atoms with van der Waals surface area (Å²) in [5.41, 5.74) is 1.58. The molecule has 1 saturated heterocycles. The smallest absolute Gasteiger partial charge is 0.339 e. The van der Waals surface area contributed by atoms with E-state index in [1.807, 2.05) is 22.9 Å². The van der Waals surface area contributed by atoms with Crippen LogP contribution in [0.1, 0.15) is 41.9 Å². The zero-order chi connectivity index (χ0) is 14.8. The lowest BCUT2D eigenvalue weighted by molar-refractivity contribution is 0.0600. The van der Waals surface area contributed by atoms with Crippen molar-refractivity contribution < 1.29 is 9.53 Å². The van der Waals surface area contributed by atoms with Gasteiger partial charge in [0.2, 0.25) is 0 Å². The van der Waals surface area contributed by atoms with E-state index in [0.29, 0.717) is 11.5 Å². The zero-order valence-corrected chi connectivity index (χ0v) is 12.6. The molecule has 1 fully saturated rings. The van der Waals surface area contributed by atoms with E-state index in [1.54, 1.807) is 6.07 Å². The lowest BCUT2D eigenvalue weighted by atomic mass is 9.97. The number of fused-ring (bicyclic) bond motifs is 1. The Kier molecular flexibility index (Phi) is 3.92. The number of imidazole rings is 1. The first-order chi connectivity index (χ1) is 10.2. The Bertz CT molecular complexity index is 650. The largest absolute Gasteiger partial charge is 0.465 e. The molecule has 0 spiro atoms. The number of hydrogen-bond donors (Lipinski definition) is 0. The van der Waals surface area contributed by atoms with Gasteiger partial charge in [-0.05, 0) is 38.1 Å². The van der Waals surface area contributed by atoms with E-state index in [-0.39, 0.29) is 5.97 Å². The second-order valence-corrected chi connectivity index (χ2v) is 5.55. The van der Waals surface area contributed by atoms with Crippen LogP contribution < -0.4 is 0 Å². The summed E-state index contributed by atoms with van der Waals surface area (Å²) in [7, 11) is 1.40. The van der Waals surface area contributed by atoms with Crippen LogP contribution >= 0.6 is 0 Å². The molecule has 0 bridgehead atoms. The number of esters is 1. The maximum absolute atomic E-state index is 11.7. The van der Waals surface area contributed by atoms with E-state index in [0.717, 1.165) is 30.9 Å². The number of ether oxygens (including phenoxy) is 1. The summed E-state index contributed by atoms with van der Waals surface area (Å²) in [4.78, 5) is 18.8. The van der Waals surface area contributed by atoms with Crippen molar-refractivity contribution in [3.05, 3.63) is 35.9 Å². The summed E-state index contributed by atoms with van der Waals surface area (Å²) in [6, 6.07) is 3.70. The molecular weight excluding hydrogens is 266 g/mol. The average Bonchev–Trinajstić information content (AvgIpc) is 2.97. The maximum atomic E-state index is 11.7. The van der Waals surface area contributed by atoms with Crippen molar-refractivity contribution in [2.75, 3.05) is 26.7 Å². The number of likely N-dealkylation sites (tertiary alicyclic amines) is 1. The number of aromatic nitrogens is 2. The average molecular weight is 287 g/mol. The fourth-order valence-electron chi connectivity index (χ4n) is 3.10. The van der Waals surface area contributed by atoms with Gasteiger partial charge in [0, 0.05) is 18.7 Å². The van der Waals surface area contributed by atoms with E-state index >= 15 is 0 Å². The first kappa shape index (κ1) is 14.1. The SMILES string of the molecule is CCN1CCCC(c2ncc3ccc(C(=O)OC)cn23)C1. The van der Waals surface area contributed by atoms with Gasteiger partial charge in [-0.15, -0.1) is 0 Å². The van der Waals surface area contributed by atoms with Gasteiger partial charge in [-0.1, -0.05) is 6.92 Å². The predicted molar refractivity (Wildman–Crippen MR) is 80.6 cm³/mol. The van der Waals surface area contributed by atoms with E-state index < -0.39 is 0 Å². The molecule has 5 heteroatoms. The molecule has 1 atom stereocenters. The first-order valence-electron chi connectivity index (χ1n) is 7.50. The molecular formula is C16H21N3O2. The Labute approximate surface area is 124 Å². The van der Waals surface area contributed by atoms with Crippen LogP contribution in [0.5, 0.6) is 0 Å². The van der Waals surface area contributed by atoms with Gasteiger partial charge in [0.05, 0.1) is 24.4 Å². The van der Waals surface area contributed by atoms with E-state index in [1.165, 1.54) is 20.1 Å². The van der Waals surface area contributed by atoms with Gasteiger partial charge in [-0.3, -0.25) is 0 Å². The Morgan fingerprint density at radius 3 is 3.10 bits per heavy atom. The molecule has 5 nitrogen and oxygen atoms in total. The highest BCUT2D eigenvalue weighted by Gasteiger charge is 2.24. The second kappa shape index (κ2) is 5.85. The summed E-state index contributed by atoms with van der Waals surface area (Å²) in [5.74, 6) is 1.17. The minimum atomic E-state index is -0.310. The van der Waals surface area contributed by atoms with Crippen LogP contribution in [-0.2, 0) is 4.74 Å². The molecule has 112 valence electrons. The van der Waals surface area contributed by atoms with Crippen LogP contribution in [0.15, 0.2) is 24.5 Å². The molecule has 1 aliphatic heterocycles. The predicted octanol–water partition coefficient (Wildman–Crippen LogP) is 2.32. The van der Waals surface area contributed by atoms with Gasteiger partial charge in [0.1, 0.15) is 5.82 Å². The third-order valence-electron chi connectivity index (χ3n) is 4.29. The van der Waals surface area contributed by atoms with Gasteiger partial charge < -0.3 is 14.0 Å². The topological polar surface area (TPSA) is 46.8 Å². The van der Waals surface area contributed by atoms with Crippen molar-refractivity contribution in [3.63, 3.8) is 0 Å². The highest BCUT2D eigenvalue weighted by Crippen LogP contribution is 2.26. The summed E-state index contributed by atoms with van der Waals surface area (Å²) in [5, 5.41) is 0. The molecule has 0 aromatic carbocycles. The lowest BCUT2D eigenvalue weighted by Gasteiger charge is -2.31. The summed E-state index contributed by atoms with van der Waals surface area (Å²) in [6.45, 7) is 5.48. The van der Waals surface area contributed by atoms with Gasteiger partial charge >= 0.3 is 5.97 Å². The monoisotopic (exact) mass is 287 g/mol. The molecule has 2 aromatic heterocycles.